The largest absolute Gasteiger partial charge is 0.464 e. The van der Waals surface area contributed by atoms with Gasteiger partial charge in [0.1, 0.15) is 0 Å². The van der Waals surface area contributed by atoms with Gasteiger partial charge in [-0.15, -0.1) is 0 Å². The molecule has 1 aromatic carbocycles. The minimum atomic E-state index is -0.967. The molecule has 0 aromatic heterocycles. The number of hydrogen-bond donors (Lipinski definition) is 1. The smallest absolute Gasteiger partial charge is 0.330 e. The lowest BCUT2D eigenvalue weighted by Gasteiger charge is -2.14. The van der Waals surface area contributed by atoms with E-state index < -0.39 is 12.0 Å². The molecular weight excluding hydrogens is 244 g/mol. The van der Waals surface area contributed by atoms with Crippen LogP contribution in [0, 0.1) is 11.3 Å². The first-order chi connectivity index (χ1) is 9.08. The van der Waals surface area contributed by atoms with Gasteiger partial charge in [-0.2, -0.15) is 5.26 Å². The van der Waals surface area contributed by atoms with Crippen LogP contribution in [0.1, 0.15) is 25.0 Å². The molecular formula is C14H16N2O3. The first-order valence-corrected chi connectivity index (χ1v) is 5.98. The molecule has 0 saturated heterocycles. The second kappa shape index (κ2) is 7.29. The molecule has 0 saturated carbocycles. The molecule has 1 unspecified atom stereocenters. The molecule has 0 bridgehead atoms. The molecule has 0 aliphatic carbocycles. The van der Waals surface area contributed by atoms with E-state index in [9.17, 15) is 9.59 Å². The summed E-state index contributed by atoms with van der Waals surface area (Å²) in [5.74, 6) is -0.874. The summed E-state index contributed by atoms with van der Waals surface area (Å²) in [5, 5.41) is 11.6. The van der Waals surface area contributed by atoms with Crippen LogP contribution in [0.2, 0.25) is 0 Å². The van der Waals surface area contributed by atoms with Crippen LogP contribution in [0.25, 0.3) is 0 Å². The summed E-state index contributed by atoms with van der Waals surface area (Å²) >= 11 is 0. The zero-order chi connectivity index (χ0) is 14.3. The predicted molar refractivity (Wildman–Crippen MR) is 69.1 cm³/mol. The van der Waals surface area contributed by atoms with Crippen molar-refractivity contribution in [3.8, 4) is 6.07 Å². The number of rotatable bonds is 6. The Labute approximate surface area is 112 Å². The molecule has 1 rings (SSSR count). The van der Waals surface area contributed by atoms with E-state index >= 15 is 0 Å². The molecule has 0 aliphatic heterocycles. The minimum Gasteiger partial charge on any atom is -0.464 e. The van der Waals surface area contributed by atoms with Crippen molar-refractivity contribution in [2.45, 2.75) is 26.4 Å². The molecule has 0 heterocycles. The number of Topliss-reactive ketones (excluding diaryl/α,β-unsaturated/α-hetero) is 1. The second-order valence-electron chi connectivity index (χ2n) is 3.99. The number of esters is 1. The van der Waals surface area contributed by atoms with E-state index in [1.165, 1.54) is 6.92 Å². The van der Waals surface area contributed by atoms with Gasteiger partial charge in [0, 0.05) is 6.54 Å². The predicted octanol–water partition coefficient (Wildman–Crippen LogP) is 1.17. The standard InChI is InChI=1S/C14H16N2O3/c1-3-19-14(18)13(10(2)17)16-9-12-6-4-5-11(7-12)8-15/h4-7,13,16H,3,9H2,1-2H3. The van der Waals surface area contributed by atoms with Gasteiger partial charge in [0.15, 0.2) is 11.8 Å². The van der Waals surface area contributed by atoms with Crippen LogP contribution in [0.3, 0.4) is 0 Å². The van der Waals surface area contributed by atoms with Gasteiger partial charge in [0.05, 0.1) is 18.2 Å². The lowest BCUT2D eigenvalue weighted by molar-refractivity contribution is -0.148. The number of ether oxygens (including phenoxy) is 1. The highest BCUT2D eigenvalue weighted by molar-refractivity contribution is 6.01. The van der Waals surface area contributed by atoms with Gasteiger partial charge in [-0.05, 0) is 31.5 Å². The Balaban J connectivity index is 2.68. The van der Waals surface area contributed by atoms with Gasteiger partial charge < -0.3 is 4.74 Å². The van der Waals surface area contributed by atoms with Crippen molar-refractivity contribution in [3.63, 3.8) is 0 Å². The van der Waals surface area contributed by atoms with Crippen molar-refractivity contribution < 1.29 is 14.3 Å². The molecule has 0 amide bonds. The number of nitrogens with one attached hydrogen (secondary N) is 1. The second-order valence-corrected chi connectivity index (χ2v) is 3.99. The lowest BCUT2D eigenvalue weighted by Crippen LogP contribution is -2.43. The monoisotopic (exact) mass is 260 g/mol. The number of nitrogens with zero attached hydrogens (tertiary/aromatic N) is 1. The van der Waals surface area contributed by atoms with Crippen molar-refractivity contribution in [3.05, 3.63) is 35.4 Å². The fourth-order valence-electron chi connectivity index (χ4n) is 1.59. The third kappa shape index (κ3) is 4.53. The van der Waals surface area contributed by atoms with Crippen molar-refractivity contribution in [2.24, 2.45) is 0 Å². The highest BCUT2D eigenvalue weighted by Crippen LogP contribution is 2.04. The van der Waals surface area contributed by atoms with Crippen molar-refractivity contribution >= 4 is 11.8 Å². The van der Waals surface area contributed by atoms with Crippen LogP contribution in [0.5, 0.6) is 0 Å². The zero-order valence-corrected chi connectivity index (χ0v) is 11.0. The topological polar surface area (TPSA) is 79.2 Å². The molecule has 5 heteroatoms. The lowest BCUT2D eigenvalue weighted by atomic mass is 10.1. The highest BCUT2D eigenvalue weighted by Gasteiger charge is 2.23. The van der Waals surface area contributed by atoms with E-state index in [0.717, 1.165) is 5.56 Å². The number of hydrogen-bond acceptors (Lipinski definition) is 5. The Morgan fingerprint density at radius 2 is 2.21 bits per heavy atom. The summed E-state index contributed by atoms with van der Waals surface area (Å²) in [5.41, 5.74) is 1.37. The molecule has 0 fully saturated rings. The zero-order valence-electron chi connectivity index (χ0n) is 11.0. The van der Waals surface area contributed by atoms with Crippen LogP contribution in [-0.2, 0) is 20.9 Å². The highest BCUT2D eigenvalue weighted by atomic mass is 16.5. The Morgan fingerprint density at radius 1 is 1.47 bits per heavy atom. The summed E-state index contributed by atoms with van der Waals surface area (Å²) in [6, 6.07) is 8.03. The van der Waals surface area contributed by atoms with E-state index in [4.69, 9.17) is 10.00 Å². The van der Waals surface area contributed by atoms with Crippen LogP contribution in [0.4, 0.5) is 0 Å². The third-order valence-corrected chi connectivity index (χ3v) is 2.50. The molecule has 1 N–H and O–H groups in total. The molecule has 100 valence electrons. The first kappa shape index (κ1) is 14.9. The molecule has 0 aliphatic rings. The SMILES string of the molecule is CCOC(=O)C(NCc1cccc(C#N)c1)C(C)=O. The quantitative estimate of drug-likeness (QED) is 0.613. The minimum absolute atomic E-state index is 0.230. The Hall–Kier alpha value is -2.19. The average Bonchev–Trinajstić information content (AvgIpc) is 2.39. The normalized spacial score (nSPS) is 11.4. The van der Waals surface area contributed by atoms with E-state index in [0.29, 0.717) is 12.1 Å². The van der Waals surface area contributed by atoms with Gasteiger partial charge >= 0.3 is 5.97 Å². The van der Waals surface area contributed by atoms with Gasteiger partial charge in [-0.1, -0.05) is 12.1 Å². The fraction of sp³-hybridized carbons (Fsp3) is 0.357. The maximum atomic E-state index is 11.6. The maximum Gasteiger partial charge on any atom is 0.330 e. The Bertz CT molecular complexity index is 506. The van der Waals surface area contributed by atoms with E-state index in [-0.39, 0.29) is 12.4 Å². The number of carbonyl (C=O) groups excluding carboxylic acids is 2. The Kier molecular flexibility index (Phi) is 5.71. The van der Waals surface area contributed by atoms with Gasteiger partial charge in [-0.3, -0.25) is 10.1 Å². The van der Waals surface area contributed by atoms with E-state index in [1.807, 2.05) is 12.1 Å². The van der Waals surface area contributed by atoms with Crippen LogP contribution in [-0.4, -0.2) is 24.4 Å². The summed E-state index contributed by atoms with van der Waals surface area (Å²) < 4.78 is 4.82. The average molecular weight is 260 g/mol. The number of carbonyl (C=O) groups is 2. The summed E-state index contributed by atoms with van der Waals surface area (Å²) in [4.78, 5) is 23.0. The van der Waals surface area contributed by atoms with Gasteiger partial charge in [-0.25, -0.2) is 4.79 Å². The van der Waals surface area contributed by atoms with E-state index in [2.05, 4.69) is 5.32 Å². The maximum absolute atomic E-state index is 11.6. The number of benzene rings is 1. The summed E-state index contributed by atoms with van der Waals surface area (Å²) in [6.07, 6.45) is 0. The molecule has 5 nitrogen and oxygen atoms in total. The van der Waals surface area contributed by atoms with Crippen molar-refractivity contribution in [1.82, 2.24) is 5.32 Å². The van der Waals surface area contributed by atoms with E-state index in [1.54, 1.807) is 25.1 Å². The molecule has 19 heavy (non-hydrogen) atoms. The first-order valence-electron chi connectivity index (χ1n) is 5.98. The summed E-state index contributed by atoms with van der Waals surface area (Å²) in [7, 11) is 0. The van der Waals surface area contributed by atoms with Crippen LogP contribution < -0.4 is 5.32 Å². The van der Waals surface area contributed by atoms with Crippen LogP contribution >= 0.6 is 0 Å². The molecule has 0 spiro atoms. The Morgan fingerprint density at radius 3 is 2.79 bits per heavy atom. The van der Waals surface area contributed by atoms with Crippen LogP contribution in [0.15, 0.2) is 24.3 Å². The fourth-order valence-corrected chi connectivity index (χ4v) is 1.59. The van der Waals surface area contributed by atoms with Gasteiger partial charge in [0.25, 0.3) is 0 Å². The van der Waals surface area contributed by atoms with Crippen molar-refractivity contribution in [2.75, 3.05) is 6.61 Å². The van der Waals surface area contributed by atoms with Gasteiger partial charge in [0.2, 0.25) is 0 Å². The molecule has 1 atom stereocenters. The number of nitriles is 1. The third-order valence-electron chi connectivity index (χ3n) is 2.50. The molecule has 1 aromatic rings. The number of ketones is 1. The van der Waals surface area contributed by atoms with Crippen molar-refractivity contribution in [1.29, 1.82) is 5.26 Å². The molecule has 0 radical (unpaired) electrons. The summed E-state index contributed by atoms with van der Waals surface area (Å²) in [6.45, 7) is 3.57.